The maximum absolute atomic E-state index is 11.6. The number of nitrogens with zero attached hydrogens (tertiary/aromatic N) is 2. The Labute approximate surface area is 98.6 Å². The fourth-order valence-electron chi connectivity index (χ4n) is 0.846. The van der Waals surface area contributed by atoms with Gasteiger partial charge in [0.2, 0.25) is 5.28 Å². The summed E-state index contributed by atoms with van der Waals surface area (Å²) in [5, 5.41) is -0.367. The van der Waals surface area contributed by atoms with E-state index in [2.05, 4.69) is 9.97 Å². The molecule has 0 aliphatic heterocycles. The van der Waals surface area contributed by atoms with E-state index in [1.54, 1.807) is 13.8 Å². The summed E-state index contributed by atoms with van der Waals surface area (Å²) in [4.78, 5) is 7.36. The maximum Gasteiger partial charge on any atom is 0.223 e. The molecule has 0 saturated heterocycles. The van der Waals surface area contributed by atoms with Crippen molar-refractivity contribution < 1.29 is 8.42 Å². The van der Waals surface area contributed by atoms with Crippen molar-refractivity contribution in [1.29, 1.82) is 0 Å². The Balaban J connectivity index is 3.01. The van der Waals surface area contributed by atoms with Crippen molar-refractivity contribution in [2.75, 3.05) is 0 Å². The average molecular weight is 269 g/mol. The fraction of sp³-hybridized carbons (Fsp3) is 0.500. The van der Waals surface area contributed by atoms with E-state index in [4.69, 9.17) is 23.2 Å². The first-order valence-corrected chi connectivity index (χ1v) is 6.68. The second-order valence-electron chi connectivity index (χ2n) is 3.31. The van der Waals surface area contributed by atoms with Crippen LogP contribution in [0.5, 0.6) is 0 Å². The molecule has 0 atom stereocenters. The van der Waals surface area contributed by atoms with Crippen LogP contribution in [0.4, 0.5) is 0 Å². The van der Waals surface area contributed by atoms with E-state index in [1.807, 2.05) is 0 Å². The number of aromatic nitrogens is 2. The van der Waals surface area contributed by atoms with E-state index in [0.29, 0.717) is 5.56 Å². The lowest BCUT2D eigenvalue weighted by molar-refractivity contribution is 0.586. The zero-order valence-corrected chi connectivity index (χ0v) is 10.6. The third-order valence-corrected chi connectivity index (χ3v) is 4.52. The predicted molar refractivity (Wildman–Crippen MR) is 59.8 cm³/mol. The molecule has 1 heterocycles. The Morgan fingerprint density at radius 3 is 2.47 bits per heavy atom. The van der Waals surface area contributed by atoms with Crippen molar-refractivity contribution in [3.8, 4) is 0 Å². The average Bonchev–Trinajstić information content (AvgIpc) is 2.09. The molecule has 1 aromatic heterocycles. The van der Waals surface area contributed by atoms with Gasteiger partial charge in [-0.05, 0) is 25.4 Å². The van der Waals surface area contributed by atoms with Gasteiger partial charge in [-0.1, -0.05) is 11.6 Å². The van der Waals surface area contributed by atoms with Crippen LogP contribution in [0.2, 0.25) is 10.4 Å². The van der Waals surface area contributed by atoms with E-state index >= 15 is 0 Å². The van der Waals surface area contributed by atoms with Crippen LogP contribution >= 0.6 is 23.2 Å². The van der Waals surface area contributed by atoms with E-state index in [9.17, 15) is 8.42 Å². The van der Waals surface area contributed by atoms with Gasteiger partial charge >= 0.3 is 0 Å². The zero-order chi connectivity index (χ0) is 11.6. The first kappa shape index (κ1) is 12.7. The molecular weight excluding hydrogens is 259 g/mol. The summed E-state index contributed by atoms with van der Waals surface area (Å²) in [6, 6.07) is 0. The summed E-state index contributed by atoms with van der Waals surface area (Å²) in [7, 11) is -3.19. The zero-order valence-electron chi connectivity index (χ0n) is 8.24. The van der Waals surface area contributed by atoms with Gasteiger partial charge in [0.1, 0.15) is 5.15 Å². The molecule has 0 fully saturated rings. The Morgan fingerprint density at radius 2 is 2.00 bits per heavy atom. The standard InChI is InChI=1S/C8H10Cl2N2O2S/c1-5(2)15(13,14)4-6-3-11-8(10)12-7(6)9/h3,5H,4H2,1-2H3. The van der Waals surface area contributed by atoms with Crippen LogP contribution in [0, 0.1) is 0 Å². The van der Waals surface area contributed by atoms with Gasteiger partial charge in [-0.2, -0.15) is 0 Å². The lowest BCUT2D eigenvalue weighted by atomic mass is 10.4. The second kappa shape index (κ2) is 4.63. The molecule has 7 heteroatoms. The minimum absolute atomic E-state index is 0.00527. The van der Waals surface area contributed by atoms with Crippen molar-refractivity contribution in [1.82, 2.24) is 9.97 Å². The molecule has 0 amide bonds. The number of rotatable bonds is 3. The smallest absolute Gasteiger partial charge is 0.223 e. The normalized spacial score (nSPS) is 12.1. The molecule has 84 valence electrons. The van der Waals surface area contributed by atoms with Crippen LogP contribution in [0.15, 0.2) is 6.20 Å². The molecule has 1 rings (SSSR count). The van der Waals surface area contributed by atoms with Crippen LogP contribution in [0.25, 0.3) is 0 Å². The molecule has 0 aromatic carbocycles. The highest BCUT2D eigenvalue weighted by Gasteiger charge is 2.19. The van der Waals surface area contributed by atoms with E-state index < -0.39 is 15.1 Å². The highest BCUT2D eigenvalue weighted by molar-refractivity contribution is 7.91. The van der Waals surface area contributed by atoms with Gasteiger partial charge in [0, 0.05) is 11.8 Å². The summed E-state index contributed by atoms with van der Waals surface area (Å²) < 4.78 is 23.2. The number of hydrogen-bond acceptors (Lipinski definition) is 4. The van der Waals surface area contributed by atoms with Gasteiger partial charge in [-0.3, -0.25) is 0 Å². The molecule has 0 saturated carbocycles. The third kappa shape index (κ3) is 3.29. The minimum atomic E-state index is -3.19. The number of halogens is 2. The Hall–Kier alpha value is -0.390. The van der Waals surface area contributed by atoms with E-state index in [-0.39, 0.29) is 16.2 Å². The Morgan fingerprint density at radius 1 is 1.40 bits per heavy atom. The van der Waals surface area contributed by atoms with Gasteiger partial charge in [0.05, 0.1) is 11.0 Å². The van der Waals surface area contributed by atoms with Crippen molar-refractivity contribution in [3.63, 3.8) is 0 Å². The van der Waals surface area contributed by atoms with Crippen LogP contribution in [-0.2, 0) is 15.6 Å². The lowest BCUT2D eigenvalue weighted by Crippen LogP contribution is -2.16. The van der Waals surface area contributed by atoms with Gasteiger partial charge in [-0.15, -0.1) is 0 Å². The minimum Gasteiger partial charge on any atom is -0.228 e. The molecule has 0 spiro atoms. The molecule has 15 heavy (non-hydrogen) atoms. The van der Waals surface area contributed by atoms with Crippen LogP contribution in [0.3, 0.4) is 0 Å². The first-order valence-electron chi connectivity index (χ1n) is 4.21. The SMILES string of the molecule is CC(C)S(=O)(=O)Cc1cnc(Cl)nc1Cl. The predicted octanol–water partition coefficient (Wildman–Crippen LogP) is 2.11. The van der Waals surface area contributed by atoms with Crippen LogP contribution < -0.4 is 0 Å². The van der Waals surface area contributed by atoms with Crippen LogP contribution in [-0.4, -0.2) is 23.6 Å². The summed E-state index contributed by atoms with van der Waals surface area (Å²) in [5.74, 6) is -0.166. The summed E-state index contributed by atoms with van der Waals surface area (Å²) in [5.41, 5.74) is 0.370. The van der Waals surface area contributed by atoms with Crippen molar-refractivity contribution in [2.45, 2.75) is 24.9 Å². The van der Waals surface area contributed by atoms with Crippen molar-refractivity contribution in [3.05, 3.63) is 22.2 Å². The Bertz CT molecular complexity index is 460. The second-order valence-corrected chi connectivity index (χ2v) is 6.56. The molecule has 4 nitrogen and oxygen atoms in total. The highest BCUT2D eigenvalue weighted by Crippen LogP contribution is 2.18. The quantitative estimate of drug-likeness (QED) is 0.622. The monoisotopic (exact) mass is 268 g/mol. The summed E-state index contributed by atoms with van der Waals surface area (Å²) in [6.45, 7) is 3.22. The van der Waals surface area contributed by atoms with Crippen molar-refractivity contribution >= 4 is 33.0 Å². The largest absolute Gasteiger partial charge is 0.228 e. The topological polar surface area (TPSA) is 59.9 Å². The summed E-state index contributed by atoms with van der Waals surface area (Å²) in [6.07, 6.45) is 1.33. The van der Waals surface area contributed by atoms with Gasteiger partial charge < -0.3 is 0 Å². The van der Waals surface area contributed by atoms with Crippen LogP contribution in [0.1, 0.15) is 19.4 Å². The molecule has 0 bridgehead atoms. The summed E-state index contributed by atoms with van der Waals surface area (Å²) >= 11 is 11.2. The Kier molecular flexibility index (Phi) is 3.92. The molecule has 0 unspecified atom stereocenters. The first-order chi connectivity index (χ1) is 6.83. The highest BCUT2D eigenvalue weighted by atomic mass is 35.5. The van der Waals surface area contributed by atoms with Gasteiger partial charge in [0.15, 0.2) is 9.84 Å². The fourth-order valence-corrected chi connectivity index (χ4v) is 2.28. The van der Waals surface area contributed by atoms with E-state index in [1.165, 1.54) is 6.20 Å². The molecule has 0 aliphatic rings. The number of hydrogen-bond donors (Lipinski definition) is 0. The molecule has 0 N–H and O–H groups in total. The van der Waals surface area contributed by atoms with Crippen molar-refractivity contribution in [2.24, 2.45) is 0 Å². The molecule has 0 radical (unpaired) electrons. The molecule has 0 aliphatic carbocycles. The maximum atomic E-state index is 11.6. The number of sulfone groups is 1. The van der Waals surface area contributed by atoms with Gasteiger partial charge in [-0.25, -0.2) is 18.4 Å². The third-order valence-electron chi connectivity index (χ3n) is 1.86. The van der Waals surface area contributed by atoms with Gasteiger partial charge in [0.25, 0.3) is 0 Å². The lowest BCUT2D eigenvalue weighted by Gasteiger charge is -2.07. The van der Waals surface area contributed by atoms with E-state index in [0.717, 1.165) is 0 Å². The molecular formula is C8H10Cl2N2O2S. The molecule has 1 aromatic rings.